The molecule has 1 heterocycles. The molecule has 0 saturated carbocycles. The van der Waals surface area contributed by atoms with Crippen LogP contribution in [0.25, 0.3) is 0 Å². The molecule has 22 heavy (non-hydrogen) atoms. The van der Waals surface area contributed by atoms with E-state index in [-0.39, 0.29) is 30.1 Å². The molecule has 5 nitrogen and oxygen atoms in total. The van der Waals surface area contributed by atoms with E-state index in [9.17, 15) is 14.0 Å². The predicted molar refractivity (Wildman–Crippen MR) is 81.8 cm³/mol. The second-order valence-electron chi connectivity index (χ2n) is 5.59. The van der Waals surface area contributed by atoms with Gasteiger partial charge in [-0.2, -0.15) is 0 Å². The molecule has 0 radical (unpaired) electrons. The summed E-state index contributed by atoms with van der Waals surface area (Å²) in [5.41, 5.74) is 0.802. The minimum atomic E-state index is -0.298. The molecular formula is C16H22FN3O2. The number of rotatable bonds is 5. The Balaban J connectivity index is 1.72. The molecule has 1 fully saturated rings. The fourth-order valence-electron chi connectivity index (χ4n) is 2.58. The topological polar surface area (TPSA) is 61.4 Å². The van der Waals surface area contributed by atoms with Crippen LogP contribution in [0.2, 0.25) is 0 Å². The van der Waals surface area contributed by atoms with E-state index in [0.29, 0.717) is 6.54 Å². The van der Waals surface area contributed by atoms with Crippen LogP contribution in [-0.4, -0.2) is 49.4 Å². The van der Waals surface area contributed by atoms with Crippen LogP contribution in [0.3, 0.4) is 0 Å². The number of nitrogens with one attached hydrogen (secondary N) is 2. The molecule has 2 amide bonds. The molecule has 0 atom stereocenters. The second-order valence-corrected chi connectivity index (χ2v) is 5.59. The summed E-state index contributed by atoms with van der Waals surface area (Å²) in [7, 11) is 1.63. The lowest BCUT2D eigenvalue weighted by atomic mass is 10.0. The van der Waals surface area contributed by atoms with Crippen LogP contribution >= 0.6 is 0 Å². The van der Waals surface area contributed by atoms with Crippen LogP contribution in [0.1, 0.15) is 18.4 Å². The van der Waals surface area contributed by atoms with Gasteiger partial charge in [0.05, 0.1) is 13.0 Å². The summed E-state index contributed by atoms with van der Waals surface area (Å²) in [6.45, 7) is 2.01. The average Bonchev–Trinajstić information content (AvgIpc) is 2.51. The third kappa shape index (κ3) is 5.11. The molecule has 120 valence electrons. The second kappa shape index (κ2) is 7.89. The highest BCUT2D eigenvalue weighted by atomic mass is 19.1. The van der Waals surface area contributed by atoms with Crippen molar-refractivity contribution in [3.63, 3.8) is 0 Å². The summed E-state index contributed by atoms with van der Waals surface area (Å²) in [5, 5.41) is 5.62. The van der Waals surface area contributed by atoms with Gasteiger partial charge in [-0.15, -0.1) is 0 Å². The Kier molecular flexibility index (Phi) is 5.89. The molecule has 6 heteroatoms. The Morgan fingerprint density at radius 1 is 1.18 bits per heavy atom. The van der Waals surface area contributed by atoms with Crippen LogP contribution < -0.4 is 10.6 Å². The highest BCUT2D eigenvalue weighted by molar-refractivity contribution is 5.79. The Labute approximate surface area is 129 Å². The van der Waals surface area contributed by atoms with Crippen LogP contribution in [0.15, 0.2) is 24.3 Å². The number of hydrogen-bond donors (Lipinski definition) is 2. The van der Waals surface area contributed by atoms with Gasteiger partial charge in [0.2, 0.25) is 11.8 Å². The van der Waals surface area contributed by atoms with E-state index >= 15 is 0 Å². The number of carbonyl (C=O) groups is 2. The third-order valence-electron chi connectivity index (χ3n) is 3.88. The van der Waals surface area contributed by atoms with E-state index in [4.69, 9.17) is 0 Å². The van der Waals surface area contributed by atoms with Crippen LogP contribution in [0, 0.1) is 5.82 Å². The summed E-state index contributed by atoms with van der Waals surface area (Å²) in [6, 6.07) is 6.12. The van der Waals surface area contributed by atoms with Gasteiger partial charge >= 0.3 is 0 Å². The number of hydrogen-bond acceptors (Lipinski definition) is 3. The Morgan fingerprint density at radius 2 is 1.82 bits per heavy atom. The SMILES string of the molecule is CNC(=O)CN1CCC(NC(=O)Cc2ccc(F)cc2)CC1. The van der Waals surface area contributed by atoms with Gasteiger partial charge < -0.3 is 10.6 Å². The maximum Gasteiger partial charge on any atom is 0.233 e. The first-order chi connectivity index (χ1) is 10.6. The maximum atomic E-state index is 12.8. The van der Waals surface area contributed by atoms with E-state index in [1.54, 1.807) is 19.2 Å². The van der Waals surface area contributed by atoms with Gasteiger partial charge in [0.1, 0.15) is 5.82 Å². The van der Waals surface area contributed by atoms with E-state index in [0.717, 1.165) is 31.5 Å². The molecule has 2 rings (SSSR count). The van der Waals surface area contributed by atoms with Crippen molar-refractivity contribution in [3.8, 4) is 0 Å². The minimum absolute atomic E-state index is 0.0128. The summed E-state index contributed by atoms with van der Waals surface area (Å²) in [4.78, 5) is 25.4. The number of nitrogens with zero attached hydrogens (tertiary/aromatic N) is 1. The van der Waals surface area contributed by atoms with Crippen molar-refractivity contribution in [1.29, 1.82) is 0 Å². The first-order valence-corrected chi connectivity index (χ1v) is 7.53. The molecule has 0 spiro atoms. The first kappa shape index (κ1) is 16.4. The van der Waals surface area contributed by atoms with Gasteiger partial charge in [-0.1, -0.05) is 12.1 Å². The zero-order valence-corrected chi connectivity index (χ0v) is 12.8. The molecule has 0 unspecified atom stereocenters. The number of carbonyl (C=O) groups excluding carboxylic acids is 2. The van der Waals surface area contributed by atoms with Gasteiger partial charge in [-0.3, -0.25) is 14.5 Å². The van der Waals surface area contributed by atoms with Gasteiger partial charge in [-0.05, 0) is 30.5 Å². The number of benzene rings is 1. The van der Waals surface area contributed by atoms with Crippen molar-refractivity contribution in [2.24, 2.45) is 0 Å². The summed E-state index contributed by atoms with van der Waals surface area (Å²) in [5.74, 6) is -0.331. The smallest absolute Gasteiger partial charge is 0.233 e. The lowest BCUT2D eigenvalue weighted by molar-refractivity contribution is -0.123. The van der Waals surface area contributed by atoms with Crippen molar-refractivity contribution in [1.82, 2.24) is 15.5 Å². The van der Waals surface area contributed by atoms with Crippen LogP contribution in [0.4, 0.5) is 4.39 Å². The monoisotopic (exact) mass is 307 g/mol. The first-order valence-electron chi connectivity index (χ1n) is 7.53. The Bertz CT molecular complexity index is 511. The fraction of sp³-hybridized carbons (Fsp3) is 0.500. The Morgan fingerprint density at radius 3 is 2.41 bits per heavy atom. The number of amides is 2. The highest BCUT2D eigenvalue weighted by Gasteiger charge is 2.21. The molecule has 1 aliphatic heterocycles. The molecule has 1 saturated heterocycles. The highest BCUT2D eigenvalue weighted by Crippen LogP contribution is 2.10. The number of piperidine rings is 1. The maximum absolute atomic E-state index is 12.8. The van der Waals surface area contributed by atoms with Crippen molar-refractivity contribution in [3.05, 3.63) is 35.6 Å². The molecule has 1 aromatic carbocycles. The number of likely N-dealkylation sites (tertiary alicyclic amines) is 1. The lowest BCUT2D eigenvalue weighted by Gasteiger charge is -2.31. The van der Waals surface area contributed by atoms with Crippen LogP contribution in [-0.2, 0) is 16.0 Å². The van der Waals surface area contributed by atoms with Crippen LogP contribution in [0.5, 0.6) is 0 Å². The van der Waals surface area contributed by atoms with Gasteiger partial charge in [0.25, 0.3) is 0 Å². The molecule has 0 bridgehead atoms. The van der Waals surface area contributed by atoms with Crippen molar-refractivity contribution in [2.75, 3.05) is 26.7 Å². The van der Waals surface area contributed by atoms with Crippen molar-refractivity contribution >= 4 is 11.8 Å². The summed E-state index contributed by atoms with van der Waals surface area (Å²) < 4.78 is 12.8. The normalized spacial score (nSPS) is 16.3. The van der Waals surface area contributed by atoms with Gasteiger partial charge in [-0.25, -0.2) is 4.39 Å². The van der Waals surface area contributed by atoms with Gasteiger partial charge in [0, 0.05) is 26.2 Å². The molecule has 2 N–H and O–H groups in total. The lowest BCUT2D eigenvalue weighted by Crippen LogP contribution is -2.47. The molecule has 0 aliphatic carbocycles. The third-order valence-corrected chi connectivity index (χ3v) is 3.88. The minimum Gasteiger partial charge on any atom is -0.358 e. The number of likely N-dealkylation sites (N-methyl/N-ethyl adjacent to an activating group) is 1. The summed E-state index contributed by atoms with van der Waals surface area (Å²) >= 11 is 0. The van der Waals surface area contributed by atoms with E-state index in [1.165, 1.54) is 12.1 Å². The molecule has 1 aliphatic rings. The molecular weight excluding hydrogens is 285 g/mol. The average molecular weight is 307 g/mol. The van der Waals surface area contributed by atoms with E-state index in [1.807, 2.05) is 0 Å². The summed E-state index contributed by atoms with van der Waals surface area (Å²) in [6.07, 6.45) is 1.94. The zero-order valence-electron chi connectivity index (χ0n) is 12.8. The fourth-order valence-corrected chi connectivity index (χ4v) is 2.58. The van der Waals surface area contributed by atoms with E-state index in [2.05, 4.69) is 15.5 Å². The standard InChI is InChI=1S/C16H22FN3O2/c1-18-16(22)11-20-8-6-14(7-9-20)19-15(21)10-12-2-4-13(17)5-3-12/h2-5,14H,6-11H2,1H3,(H,18,22)(H,19,21). The molecule has 1 aromatic rings. The number of halogens is 1. The van der Waals surface area contributed by atoms with Gasteiger partial charge in [0.15, 0.2) is 0 Å². The Hall–Kier alpha value is -1.95. The van der Waals surface area contributed by atoms with Crippen molar-refractivity contribution in [2.45, 2.75) is 25.3 Å². The largest absolute Gasteiger partial charge is 0.358 e. The van der Waals surface area contributed by atoms with E-state index < -0.39 is 0 Å². The van der Waals surface area contributed by atoms with Crippen molar-refractivity contribution < 1.29 is 14.0 Å². The molecule has 0 aromatic heterocycles. The zero-order chi connectivity index (χ0) is 15.9. The predicted octanol–water partition coefficient (Wildman–Crippen LogP) is 0.695. The quantitative estimate of drug-likeness (QED) is 0.841.